The number of carbonyl (C=O) groups is 2. The number of aliphatic carboxylic acids is 1. The van der Waals surface area contributed by atoms with Gasteiger partial charge in [0.2, 0.25) is 5.91 Å². The molecule has 0 saturated heterocycles. The molecule has 1 aromatic rings. The highest BCUT2D eigenvalue weighted by molar-refractivity contribution is 5.96. The van der Waals surface area contributed by atoms with Crippen LogP contribution in [0.15, 0.2) is 24.3 Å². The van der Waals surface area contributed by atoms with Crippen molar-refractivity contribution >= 4 is 23.3 Å². The monoisotopic (exact) mass is 278 g/mol. The fourth-order valence-electron chi connectivity index (χ4n) is 2.02. The number of amides is 1. The molecule has 0 aliphatic carbocycles. The van der Waals surface area contributed by atoms with Crippen LogP contribution in [0.2, 0.25) is 0 Å². The van der Waals surface area contributed by atoms with Gasteiger partial charge < -0.3 is 16.2 Å². The van der Waals surface area contributed by atoms with Gasteiger partial charge in [0.25, 0.3) is 0 Å². The standard InChI is InChI=1S/C15H22N2O3/c1-2-3-4-7-11(10-14(18)19)15(20)17-13-9-6-5-8-12(13)16/h5-6,8-9,11H,2-4,7,10,16H2,1H3,(H,17,20)(H,18,19). The van der Waals surface area contributed by atoms with Gasteiger partial charge in [-0.3, -0.25) is 9.59 Å². The molecular formula is C15H22N2O3. The Morgan fingerprint density at radius 1 is 1.30 bits per heavy atom. The number of nitrogens with two attached hydrogens (primary N) is 1. The van der Waals surface area contributed by atoms with E-state index in [2.05, 4.69) is 12.2 Å². The Labute approximate surface area is 119 Å². The summed E-state index contributed by atoms with van der Waals surface area (Å²) in [6.07, 6.45) is 3.32. The normalized spacial score (nSPS) is 11.8. The van der Waals surface area contributed by atoms with E-state index in [1.807, 2.05) is 0 Å². The third-order valence-corrected chi connectivity index (χ3v) is 3.17. The molecule has 0 saturated carbocycles. The predicted octanol–water partition coefficient (Wildman–Crippen LogP) is 2.88. The maximum absolute atomic E-state index is 12.2. The van der Waals surface area contributed by atoms with Crippen molar-refractivity contribution in [2.45, 2.75) is 39.0 Å². The summed E-state index contributed by atoms with van der Waals surface area (Å²) >= 11 is 0. The molecule has 0 radical (unpaired) electrons. The third-order valence-electron chi connectivity index (χ3n) is 3.17. The minimum Gasteiger partial charge on any atom is -0.481 e. The van der Waals surface area contributed by atoms with Crippen LogP contribution in [0.25, 0.3) is 0 Å². The highest BCUT2D eigenvalue weighted by atomic mass is 16.4. The lowest BCUT2D eigenvalue weighted by molar-refractivity contribution is -0.140. The van der Waals surface area contributed by atoms with Crippen molar-refractivity contribution in [1.29, 1.82) is 0 Å². The van der Waals surface area contributed by atoms with Crippen molar-refractivity contribution in [1.82, 2.24) is 0 Å². The SMILES string of the molecule is CCCCCC(CC(=O)O)C(=O)Nc1ccccc1N. The Bertz CT molecular complexity index is 460. The van der Waals surface area contributed by atoms with Gasteiger partial charge in [0.05, 0.1) is 17.8 Å². The first-order valence-electron chi connectivity index (χ1n) is 6.91. The van der Waals surface area contributed by atoms with Crippen molar-refractivity contribution in [3.8, 4) is 0 Å². The lowest BCUT2D eigenvalue weighted by Crippen LogP contribution is -2.25. The molecule has 0 bridgehead atoms. The first kappa shape index (κ1) is 16.0. The van der Waals surface area contributed by atoms with Gasteiger partial charge in [0.1, 0.15) is 0 Å². The second-order valence-corrected chi connectivity index (χ2v) is 4.87. The number of carboxylic acid groups (broad SMARTS) is 1. The quantitative estimate of drug-likeness (QED) is 0.503. The average Bonchev–Trinajstić information content (AvgIpc) is 2.40. The average molecular weight is 278 g/mol. The summed E-state index contributed by atoms with van der Waals surface area (Å²) in [5.74, 6) is -1.75. The van der Waals surface area contributed by atoms with Crippen LogP contribution in [-0.4, -0.2) is 17.0 Å². The van der Waals surface area contributed by atoms with Crippen LogP contribution in [0.4, 0.5) is 11.4 Å². The van der Waals surface area contributed by atoms with Gasteiger partial charge in [-0.25, -0.2) is 0 Å². The van der Waals surface area contributed by atoms with Crippen LogP contribution in [0.5, 0.6) is 0 Å². The molecule has 4 N–H and O–H groups in total. The molecule has 110 valence electrons. The number of nitrogen functional groups attached to an aromatic ring is 1. The molecule has 0 aliphatic rings. The van der Waals surface area contributed by atoms with Crippen molar-refractivity contribution < 1.29 is 14.7 Å². The fraction of sp³-hybridized carbons (Fsp3) is 0.467. The molecule has 1 rings (SSSR count). The van der Waals surface area contributed by atoms with Crippen LogP contribution in [-0.2, 0) is 9.59 Å². The van der Waals surface area contributed by atoms with Crippen LogP contribution < -0.4 is 11.1 Å². The number of benzene rings is 1. The molecular weight excluding hydrogens is 256 g/mol. The van der Waals surface area contributed by atoms with E-state index in [4.69, 9.17) is 10.8 Å². The fourth-order valence-corrected chi connectivity index (χ4v) is 2.02. The van der Waals surface area contributed by atoms with Crippen molar-refractivity contribution in [3.05, 3.63) is 24.3 Å². The number of carbonyl (C=O) groups excluding carboxylic acids is 1. The van der Waals surface area contributed by atoms with E-state index in [0.29, 0.717) is 17.8 Å². The Hall–Kier alpha value is -2.04. The third kappa shape index (κ3) is 5.30. The Kier molecular flexibility index (Phi) is 6.56. The topological polar surface area (TPSA) is 92.4 Å². The second-order valence-electron chi connectivity index (χ2n) is 4.87. The molecule has 1 atom stereocenters. The summed E-state index contributed by atoms with van der Waals surface area (Å²) in [5, 5.41) is 11.6. The number of hydrogen-bond acceptors (Lipinski definition) is 3. The van der Waals surface area contributed by atoms with Crippen molar-refractivity contribution in [3.63, 3.8) is 0 Å². The van der Waals surface area contributed by atoms with Crippen molar-refractivity contribution in [2.24, 2.45) is 5.92 Å². The predicted molar refractivity (Wildman–Crippen MR) is 79.4 cm³/mol. The van der Waals surface area contributed by atoms with Gasteiger partial charge >= 0.3 is 5.97 Å². The van der Waals surface area contributed by atoms with Crippen LogP contribution >= 0.6 is 0 Å². The maximum atomic E-state index is 12.2. The molecule has 0 aliphatic heterocycles. The Morgan fingerprint density at radius 3 is 2.60 bits per heavy atom. The molecule has 1 aromatic carbocycles. The lowest BCUT2D eigenvalue weighted by atomic mass is 9.96. The number of para-hydroxylation sites is 2. The van der Waals surface area contributed by atoms with Gasteiger partial charge in [-0.1, -0.05) is 38.3 Å². The number of nitrogens with one attached hydrogen (secondary N) is 1. The molecule has 0 spiro atoms. The molecule has 5 nitrogen and oxygen atoms in total. The summed E-state index contributed by atoms with van der Waals surface area (Å²) in [5.41, 5.74) is 6.77. The summed E-state index contributed by atoms with van der Waals surface area (Å²) in [4.78, 5) is 23.0. The van der Waals surface area contributed by atoms with E-state index in [1.54, 1.807) is 24.3 Å². The number of unbranched alkanes of at least 4 members (excludes halogenated alkanes) is 2. The molecule has 20 heavy (non-hydrogen) atoms. The maximum Gasteiger partial charge on any atom is 0.304 e. The summed E-state index contributed by atoms with van der Waals surface area (Å²) < 4.78 is 0. The van der Waals surface area contributed by atoms with E-state index in [0.717, 1.165) is 19.3 Å². The summed E-state index contributed by atoms with van der Waals surface area (Å²) in [6, 6.07) is 6.95. The highest BCUT2D eigenvalue weighted by Gasteiger charge is 2.21. The molecule has 1 amide bonds. The zero-order chi connectivity index (χ0) is 15.0. The first-order valence-corrected chi connectivity index (χ1v) is 6.91. The largest absolute Gasteiger partial charge is 0.481 e. The minimum absolute atomic E-state index is 0.151. The summed E-state index contributed by atoms with van der Waals surface area (Å²) in [6.45, 7) is 2.07. The van der Waals surface area contributed by atoms with E-state index in [-0.39, 0.29) is 12.3 Å². The molecule has 0 aromatic heterocycles. The molecule has 1 unspecified atom stereocenters. The van der Waals surface area contributed by atoms with Gasteiger partial charge in [-0.2, -0.15) is 0 Å². The van der Waals surface area contributed by atoms with E-state index < -0.39 is 11.9 Å². The second kappa shape index (κ2) is 8.19. The van der Waals surface area contributed by atoms with Crippen LogP contribution in [0, 0.1) is 5.92 Å². The minimum atomic E-state index is -0.956. The lowest BCUT2D eigenvalue weighted by Gasteiger charge is -2.15. The first-order chi connectivity index (χ1) is 9.54. The zero-order valence-electron chi connectivity index (χ0n) is 11.8. The van der Waals surface area contributed by atoms with E-state index in [1.165, 1.54) is 0 Å². The zero-order valence-corrected chi connectivity index (χ0v) is 11.8. The van der Waals surface area contributed by atoms with Gasteiger partial charge in [0.15, 0.2) is 0 Å². The number of anilines is 2. The van der Waals surface area contributed by atoms with Crippen LogP contribution in [0.3, 0.4) is 0 Å². The number of hydrogen-bond donors (Lipinski definition) is 3. The molecule has 0 heterocycles. The van der Waals surface area contributed by atoms with Gasteiger partial charge in [-0.05, 0) is 18.6 Å². The van der Waals surface area contributed by atoms with Gasteiger partial charge in [0, 0.05) is 5.92 Å². The molecule has 5 heteroatoms. The Morgan fingerprint density at radius 2 is 2.00 bits per heavy atom. The number of carboxylic acids is 1. The number of rotatable bonds is 8. The summed E-state index contributed by atoms with van der Waals surface area (Å²) in [7, 11) is 0. The molecule has 0 fully saturated rings. The van der Waals surface area contributed by atoms with E-state index in [9.17, 15) is 9.59 Å². The van der Waals surface area contributed by atoms with Crippen molar-refractivity contribution in [2.75, 3.05) is 11.1 Å². The van der Waals surface area contributed by atoms with E-state index >= 15 is 0 Å². The van der Waals surface area contributed by atoms with Crippen LogP contribution in [0.1, 0.15) is 39.0 Å². The highest BCUT2D eigenvalue weighted by Crippen LogP contribution is 2.21. The smallest absolute Gasteiger partial charge is 0.304 e. The van der Waals surface area contributed by atoms with Gasteiger partial charge in [-0.15, -0.1) is 0 Å². The Balaban J connectivity index is 2.67.